The first-order valence-electron chi connectivity index (χ1n) is 6.32. The van der Waals surface area contributed by atoms with Crippen molar-refractivity contribution in [2.75, 3.05) is 13.7 Å². The van der Waals surface area contributed by atoms with Gasteiger partial charge in [-0.15, -0.1) is 0 Å². The summed E-state index contributed by atoms with van der Waals surface area (Å²) in [5.74, 6) is 0.785. The molecule has 0 spiro atoms. The largest absolute Gasteiger partial charge is 0.493 e. The first-order chi connectivity index (χ1) is 9.58. The number of hydrogen-bond acceptors (Lipinski definition) is 3. The van der Waals surface area contributed by atoms with E-state index >= 15 is 0 Å². The summed E-state index contributed by atoms with van der Waals surface area (Å²) in [5.41, 5.74) is 2.16. The number of benzene rings is 1. The van der Waals surface area contributed by atoms with E-state index in [1.807, 2.05) is 23.9 Å². The molecule has 1 N–H and O–H groups in total. The summed E-state index contributed by atoms with van der Waals surface area (Å²) < 4.78 is 9.36. The molecule has 0 bridgehead atoms. The second-order valence-corrected chi connectivity index (χ2v) is 6.15. The van der Waals surface area contributed by atoms with Crippen LogP contribution in [0.2, 0.25) is 0 Å². The molecule has 0 amide bonds. The molecule has 0 saturated heterocycles. The maximum Gasteiger partial charge on any atom is 0.161 e. The zero-order valence-corrected chi connectivity index (χ0v) is 14.8. The first-order valence-corrected chi connectivity index (χ1v) is 7.91. The van der Waals surface area contributed by atoms with E-state index in [4.69, 9.17) is 4.74 Å². The van der Waals surface area contributed by atoms with Gasteiger partial charge in [0.25, 0.3) is 0 Å². The molecule has 1 aromatic heterocycles. The van der Waals surface area contributed by atoms with E-state index in [9.17, 15) is 0 Å². The molecule has 1 heterocycles. The van der Waals surface area contributed by atoms with Gasteiger partial charge in [0, 0.05) is 16.0 Å². The van der Waals surface area contributed by atoms with Gasteiger partial charge in [-0.05, 0) is 24.2 Å². The summed E-state index contributed by atoms with van der Waals surface area (Å²) in [6.45, 7) is 2.93. The third kappa shape index (κ3) is 3.07. The molecule has 0 radical (unpaired) electrons. The predicted molar refractivity (Wildman–Crippen MR) is 87.1 cm³/mol. The highest BCUT2D eigenvalue weighted by Crippen LogP contribution is 2.34. The summed E-state index contributed by atoms with van der Waals surface area (Å²) in [6.07, 6.45) is 1.74. The van der Waals surface area contributed by atoms with E-state index in [-0.39, 0.29) is 6.04 Å². The minimum Gasteiger partial charge on any atom is -0.493 e. The number of hydrogen-bond donors (Lipinski definition) is 1. The van der Waals surface area contributed by atoms with Crippen LogP contribution >= 0.6 is 31.9 Å². The third-order valence-electron chi connectivity index (χ3n) is 3.12. The molecular weight excluding hydrogens is 386 g/mol. The Morgan fingerprint density at radius 2 is 2.15 bits per heavy atom. The molecule has 1 aromatic carbocycles. The number of nitrogens with one attached hydrogen (secondary N) is 1. The molecule has 0 aliphatic heterocycles. The molecular formula is C14H17Br2N3O. The van der Waals surface area contributed by atoms with Gasteiger partial charge < -0.3 is 10.1 Å². The zero-order valence-electron chi connectivity index (χ0n) is 11.7. The van der Waals surface area contributed by atoms with Crippen LogP contribution in [0, 0.1) is 0 Å². The second-order valence-electron chi connectivity index (χ2n) is 4.38. The summed E-state index contributed by atoms with van der Waals surface area (Å²) in [4.78, 5) is 0. The monoisotopic (exact) mass is 401 g/mol. The number of halogens is 2. The van der Waals surface area contributed by atoms with Gasteiger partial charge in [-0.2, -0.15) is 5.10 Å². The average Bonchev–Trinajstić information content (AvgIpc) is 2.78. The fourth-order valence-electron chi connectivity index (χ4n) is 2.21. The molecule has 1 atom stereocenters. The highest BCUT2D eigenvalue weighted by molar-refractivity contribution is 9.11. The number of nitrogens with zero attached hydrogens (tertiary/aromatic N) is 2. The lowest BCUT2D eigenvalue weighted by Gasteiger charge is -2.21. The molecule has 1 unspecified atom stereocenters. The molecule has 0 saturated carbocycles. The van der Waals surface area contributed by atoms with Gasteiger partial charge in [0.15, 0.2) is 5.75 Å². The fourth-order valence-corrected chi connectivity index (χ4v) is 3.48. The number of aryl methyl sites for hydroxylation is 1. The van der Waals surface area contributed by atoms with Gasteiger partial charge in [-0.1, -0.05) is 44.8 Å². The summed E-state index contributed by atoms with van der Waals surface area (Å²) >= 11 is 7.12. The smallest absolute Gasteiger partial charge is 0.161 e. The van der Waals surface area contributed by atoms with Crippen molar-refractivity contribution >= 4 is 31.9 Å². The van der Waals surface area contributed by atoms with Crippen LogP contribution in [0.25, 0.3) is 0 Å². The van der Waals surface area contributed by atoms with E-state index in [1.165, 1.54) is 0 Å². The lowest BCUT2D eigenvalue weighted by molar-refractivity contribution is 0.401. The lowest BCUT2D eigenvalue weighted by atomic mass is 10.0. The molecule has 0 aliphatic carbocycles. The summed E-state index contributed by atoms with van der Waals surface area (Å²) in [6, 6.07) is 6.19. The minimum absolute atomic E-state index is 0.0184. The number of aromatic nitrogens is 2. The second kappa shape index (κ2) is 6.74. The standard InChI is InChI=1S/C14H17Br2N3O/c1-4-17-13(10-6-5-9(15)7-11(10)16)14-12(20-3)8-18-19(14)2/h5-8,13,17H,4H2,1-3H3. The number of ether oxygens (including phenoxy) is 1. The van der Waals surface area contributed by atoms with Crippen LogP contribution in [0.15, 0.2) is 33.3 Å². The minimum atomic E-state index is 0.0184. The van der Waals surface area contributed by atoms with Crippen LogP contribution < -0.4 is 10.1 Å². The molecule has 4 nitrogen and oxygen atoms in total. The SMILES string of the molecule is CCNC(c1ccc(Br)cc1Br)c1c(OC)cnn1C. The van der Waals surface area contributed by atoms with Gasteiger partial charge in [0.1, 0.15) is 5.69 Å². The first kappa shape index (κ1) is 15.5. The Morgan fingerprint density at radius 1 is 1.40 bits per heavy atom. The van der Waals surface area contributed by atoms with Crippen molar-refractivity contribution in [3.8, 4) is 5.75 Å². The Bertz CT molecular complexity index is 598. The van der Waals surface area contributed by atoms with Crippen LogP contribution in [-0.2, 0) is 7.05 Å². The molecule has 0 aliphatic rings. The maximum absolute atomic E-state index is 5.43. The highest BCUT2D eigenvalue weighted by atomic mass is 79.9. The Hall–Kier alpha value is -0.850. The van der Waals surface area contributed by atoms with Crippen LogP contribution in [0.1, 0.15) is 24.2 Å². The van der Waals surface area contributed by atoms with Crippen molar-refractivity contribution in [2.45, 2.75) is 13.0 Å². The van der Waals surface area contributed by atoms with Crippen molar-refractivity contribution in [2.24, 2.45) is 7.05 Å². The van der Waals surface area contributed by atoms with Gasteiger partial charge >= 0.3 is 0 Å². The van der Waals surface area contributed by atoms with Crippen molar-refractivity contribution in [1.29, 1.82) is 0 Å². The molecule has 2 rings (SSSR count). The van der Waals surface area contributed by atoms with Gasteiger partial charge in [-0.25, -0.2) is 0 Å². The van der Waals surface area contributed by atoms with E-state index in [0.29, 0.717) is 0 Å². The lowest BCUT2D eigenvalue weighted by Crippen LogP contribution is -2.25. The van der Waals surface area contributed by atoms with Gasteiger partial charge in [0.05, 0.1) is 19.3 Å². The molecule has 0 fully saturated rings. The van der Waals surface area contributed by atoms with Crippen molar-refractivity contribution in [3.63, 3.8) is 0 Å². The Balaban J connectivity index is 2.53. The third-order valence-corrected chi connectivity index (χ3v) is 4.30. The van der Waals surface area contributed by atoms with Gasteiger partial charge in [0.2, 0.25) is 0 Å². The number of rotatable bonds is 5. The summed E-state index contributed by atoms with van der Waals surface area (Å²) in [7, 11) is 3.59. The van der Waals surface area contributed by atoms with E-state index in [0.717, 1.165) is 32.5 Å². The average molecular weight is 403 g/mol. The molecule has 108 valence electrons. The normalized spacial score (nSPS) is 12.4. The van der Waals surface area contributed by atoms with Crippen LogP contribution in [0.5, 0.6) is 5.75 Å². The van der Waals surface area contributed by atoms with Crippen LogP contribution in [0.4, 0.5) is 0 Å². The van der Waals surface area contributed by atoms with Gasteiger partial charge in [-0.3, -0.25) is 4.68 Å². The maximum atomic E-state index is 5.43. The predicted octanol–water partition coefficient (Wildman–Crippen LogP) is 3.65. The van der Waals surface area contributed by atoms with E-state index in [2.05, 4.69) is 55.3 Å². The van der Waals surface area contributed by atoms with E-state index < -0.39 is 0 Å². The van der Waals surface area contributed by atoms with Crippen LogP contribution in [0.3, 0.4) is 0 Å². The topological polar surface area (TPSA) is 39.1 Å². The molecule has 20 heavy (non-hydrogen) atoms. The molecule has 2 aromatic rings. The quantitative estimate of drug-likeness (QED) is 0.829. The van der Waals surface area contributed by atoms with Crippen molar-refractivity contribution < 1.29 is 4.74 Å². The van der Waals surface area contributed by atoms with Crippen LogP contribution in [-0.4, -0.2) is 23.4 Å². The highest BCUT2D eigenvalue weighted by Gasteiger charge is 2.23. The Morgan fingerprint density at radius 3 is 2.75 bits per heavy atom. The Kier molecular flexibility index (Phi) is 5.23. The molecule has 6 heteroatoms. The zero-order chi connectivity index (χ0) is 14.7. The van der Waals surface area contributed by atoms with Crippen molar-refractivity contribution in [3.05, 3.63) is 44.6 Å². The van der Waals surface area contributed by atoms with E-state index in [1.54, 1.807) is 13.3 Å². The number of methoxy groups -OCH3 is 1. The Labute approximate surface area is 135 Å². The fraction of sp³-hybridized carbons (Fsp3) is 0.357. The van der Waals surface area contributed by atoms with Crippen molar-refractivity contribution in [1.82, 2.24) is 15.1 Å². The summed E-state index contributed by atoms with van der Waals surface area (Å²) in [5, 5.41) is 7.78.